The number of piperidine rings is 1. The zero-order chi connectivity index (χ0) is 13.1. The normalized spacial score (nSPS) is 23.2. The van der Waals surface area contributed by atoms with E-state index < -0.39 is 0 Å². The Balaban J connectivity index is 1.58. The van der Waals surface area contributed by atoms with E-state index in [4.69, 9.17) is 5.73 Å². The lowest BCUT2D eigenvalue weighted by Gasteiger charge is -2.30. The van der Waals surface area contributed by atoms with Gasteiger partial charge in [-0.1, -0.05) is 12.8 Å². The van der Waals surface area contributed by atoms with Gasteiger partial charge in [-0.3, -0.25) is 0 Å². The lowest BCUT2D eigenvalue weighted by atomic mass is 9.96. The van der Waals surface area contributed by atoms with Crippen LogP contribution in [0.2, 0.25) is 0 Å². The standard InChI is InChI=1S/C15H26N4/c16-7-10-19-8-5-13(6-9-19)15-17-11-14(18-15)12-3-1-2-4-12/h11-13H,1-10,16H2,(H,17,18). The molecule has 1 saturated carbocycles. The van der Waals surface area contributed by atoms with E-state index >= 15 is 0 Å². The topological polar surface area (TPSA) is 57.9 Å². The Hall–Kier alpha value is -0.870. The van der Waals surface area contributed by atoms with Crippen molar-refractivity contribution in [3.63, 3.8) is 0 Å². The van der Waals surface area contributed by atoms with Crippen molar-refractivity contribution in [2.45, 2.75) is 50.4 Å². The number of rotatable bonds is 4. The number of likely N-dealkylation sites (tertiary alicyclic amines) is 1. The number of nitrogens with two attached hydrogens (primary N) is 1. The lowest BCUT2D eigenvalue weighted by Crippen LogP contribution is -2.36. The summed E-state index contributed by atoms with van der Waals surface area (Å²) in [6.45, 7) is 4.15. The highest BCUT2D eigenvalue weighted by Gasteiger charge is 2.24. The van der Waals surface area contributed by atoms with Crippen molar-refractivity contribution in [2.24, 2.45) is 5.73 Å². The van der Waals surface area contributed by atoms with Crippen LogP contribution < -0.4 is 5.73 Å². The quantitative estimate of drug-likeness (QED) is 0.874. The van der Waals surface area contributed by atoms with Crippen LogP contribution in [0.1, 0.15) is 61.9 Å². The molecule has 1 aromatic heterocycles. The van der Waals surface area contributed by atoms with Crippen LogP contribution in [0.15, 0.2) is 6.20 Å². The molecule has 0 atom stereocenters. The van der Waals surface area contributed by atoms with E-state index in [0.717, 1.165) is 19.0 Å². The Kier molecular flexibility index (Phi) is 4.18. The molecule has 2 fully saturated rings. The molecule has 3 rings (SSSR count). The molecule has 106 valence electrons. The minimum Gasteiger partial charge on any atom is -0.345 e. The number of aromatic amines is 1. The van der Waals surface area contributed by atoms with Gasteiger partial charge in [-0.15, -0.1) is 0 Å². The van der Waals surface area contributed by atoms with Crippen molar-refractivity contribution in [3.05, 3.63) is 17.7 Å². The fourth-order valence-corrected chi connectivity index (χ4v) is 3.62. The number of nitrogens with zero attached hydrogens (tertiary/aromatic N) is 2. The maximum atomic E-state index is 5.62. The molecule has 1 aliphatic carbocycles. The molecular formula is C15H26N4. The van der Waals surface area contributed by atoms with Crippen molar-refractivity contribution in [3.8, 4) is 0 Å². The van der Waals surface area contributed by atoms with Crippen molar-refractivity contribution in [1.29, 1.82) is 0 Å². The van der Waals surface area contributed by atoms with Gasteiger partial charge >= 0.3 is 0 Å². The Morgan fingerprint density at radius 1 is 1.16 bits per heavy atom. The number of aromatic nitrogens is 2. The molecule has 1 aromatic rings. The second kappa shape index (κ2) is 6.06. The van der Waals surface area contributed by atoms with E-state index in [0.29, 0.717) is 5.92 Å². The third-order valence-electron chi connectivity index (χ3n) is 4.83. The van der Waals surface area contributed by atoms with Gasteiger partial charge in [-0.2, -0.15) is 0 Å². The molecule has 2 aliphatic rings. The smallest absolute Gasteiger partial charge is 0.109 e. The van der Waals surface area contributed by atoms with Gasteiger partial charge < -0.3 is 15.6 Å². The van der Waals surface area contributed by atoms with Crippen LogP contribution in [-0.4, -0.2) is 41.0 Å². The van der Waals surface area contributed by atoms with Crippen LogP contribution in [0.5, 0.6) is 0 Å². The van der Waals surface area contributed by atoms with Crippen molar-refractivity contribution >= 4 is 0 Å². The van der Waals surface area contributed by atoms with Gasteiger partial charge in [0.2, 0.25) is 0 Å². The molecule has 0 bridgehead atoms. The van der Waals surface area contributed by atoms with Crippen LogP contribution in [0, 0.1) is 0 Å². The van der Waals surface area contributed by atoms with E-state index in [1.165, 1.54) is 63.1 Å². The van der Waals surface area contributed by atoms with Crippen molar-refractivity contribution in [1.82, 2.24) is 14.9 Å². The summed E-state index contributed by atoms with van der Waals surface area (Å²) in [4.78, 5) is 10.7. The number of hydrogen-bond acceptors (Lipinski definition) is 3. The molecule has 19 heavy (non-hydrogen) atoms. The molecule has 0 unspecified atom stereocenters. The summed E-state index contributed by atoms with van der Waals surface area (Å²) in [6.07, 6.45) is 9.99. The van der Waals surface area contributed by atoms with Gasteiger partial charge in [0.25, 0.3) is 0 Å². The monoisotopic (exact) mass is 262 g/mol. The minimum atomic E-state index is 0.629. The summed E-state index contributed by atoms with van der Waals surface area (Å²) in [5, 5.41) is 0. The van der Waals surface area contributed by atoms with E-state index in [-0.39, 0.29) is 0 Å². The molecule has 0 aromatic carbocycles. The second-order valence-electron chi connectivity index (χ2n) is 6.11. The van der Waals surface area contributed by atoms with E-state index in [9.17, 15) is 0 Å². The molecule has 4 nitrogen and oxygen atoms in total. The van der Waals surface area contributed by atoms with Crippen LogP contribution in [-0.2, 0) is 0 Å². The Labute approximate surface area is 115 Å². The highest BCUT2D eigenvalue weighted by molar-refractivity contribution is 5.12. The van der Waals surface area contributed by atoms with E-state index in [1.807, 2.05) is 0 Å². The van der Waals surface area contributed by atoms with Crippen LogP contribution >= 0.6 is 0 Å². The fraction of sp³-hybridized carbons (Fsp3) is 0.800. The first-order valence-corrected chi connectivity index (χ1v) is 7.84. The number of nitrogens with one attached hydrogen (secondary N) is 1. The molecule has 4 heteroatoms. The first kappa shape index (κ1) is 13.1. The molecule has 0 spiro atoms. The predicted octanol–water partition coefficient (Wildman–Crippen LogP) is 2.21. The third kappa shape index (κ3) is 3.00. The van der Waals surface area contributed by atoms with Gasteiger partial charge in [0.15, 0.2) is 0 Å². The lowest BCUT2D eigenvalue weighted by molar-refractivity contribution is 0.215. The van der Waals surface area contributed by atoms with Crippen molar-refractivity contribution < 1.29 is 0 Å². The highest BCUT2D eigenvalue weighted by atomic mass is 15.1. The Bertz CT molecular complexity index is 387. The maximum Gasteiger partial charge on any atom is 0.109 e. The van der Waals surface area contributed by atoms with Crippen LogP contribution in [0.25, 0.3) is 0 Å². The summed E-state index contributed by atoms with van der Waals surface area (Å²) >= 11 is 0. The van der Waals surface area contributed by atoms with Gasteiger partial charge in [0.05, 0.1) is 0 Å². The van der Waals surface area contributed by atoms with Gasteiger partial charge in [-0.05, 0) is 38.8 Å². The number of hydrogen-bond donors (Lipinski definition) is 2. The summed E-state index contributed by atoms with van der Waals surface area (Å²) < 4.78 is 0. The SMILES string of the molecule is NCCN1CCC(c2ncc(C3CCCC3)[nH]2)CC1. The van der Waals surface area contributed by atoms with E-state index in [1.54, 1.807) is 0 Å². The fourth-order valence-electron chi connectivity index (χ4n) is 3.62. The predicted molar refractivity (Wildman–Crippen MR) is 77.3 cm³/mol. The van der Waals surface area contributed by atoms with Gasteiger partial charge in [0.1, 0.15) is 5.82 Å². The molecule has 1 aliphatic heterocycles. The first-order chi connectivity index (χ1) is 9.36. The number of H-pyrrole nitrogens is 1. The molecule has 0 amide bonds. The molecule has 3 N–H and O–H groups in total. The summed E-state index contributed by atoms with van der Waals surface area (Å²) in [5.41, 5.74) is 7.00. The summed E-state index contributed by atoms with van der Waals surface area (Å²) in [5.74, 6) is 2.61. The van der Waals surface area contributed by atoms with Gasteiger partial charge in [-0.25, -0.2) is 4.98 Å². The zero-order valence-corrected chi connectivity index (χ0v) is 11.8. The Morgan fingerprint density at radius 2 is 1.89 bits per heavy atom. The minimum absolute atomic E-state index is 0.629. The first-order valence-electron chi connectivity index (χ1n) is 7.84. The highest BCUT2D eigenvalue weighted by Crippen LogP contribution is 2.34. The van der Waals surface area contributed by atoms with Gasteiger partial charge in [0, 0.05) is 36.8 Å². The summed E-state index contributed by atoms with van der Waals surface area (Å²) in [7, 11) is 0. The average molecular weight is 262 g/mol. The van der Waals surface area contributed by atoms with E-state index in [2.05, 4.69) is 21.1 Å². The largest absolute Gasteiger partial charge is 0.345 e. The Morgan fingerprint density at radius 3 is 2.58 bits per heavy atom. The third-order valence-corrected chi connectivity index (χ3v) is 4.83. The van der Waals surface area contributed by atoms with Crippen molar-refractivity contribution in [2.75, 3.05) is 26.2 Å². The van der Waals surface area contributed by atoms with Crippen LogP contribution in [0.4, 0.5) is 0 Å². The number of imidazole rings is 1. The second-order valence-corrected chi connectivity index (χ2v) is 6.11. The molecule has 0 radical (unpaired) electrons. The zero-order valence-electron chi connectivity index (χ0n) is 11.8. The average Bonchev–Trinajstić information content (AvgIpc) is 3.11. The molecule has 1 saturated heterocycles. The summed E-state index contributed by atoms with van der Waals surface area (Å²) in [6, 6.07) is 0. The maximum absolute atomic E-state index is 5.62. The van der Waals surface area contributed by atoms with Crippen LogP contribution in [0.3, 0.4) is 0 Å². The molecular weight excluding hydrogens is 236 g/mol. The molecule has 2 heterocycles.